The predicted molar refractivity (Wildman–Crippen MR) is 69.0 cm³/mol. The Kier molecular flexibility index (Phi) is 5.58. The van der Waals surface area contributed by atoms with Gasteiger partial charge in [0.25, 0.3) is 0 Å². The molecule has 0 aliphatic heterocycles. The van der Waals surface area contributed by atoms with E-state index in [0.29, 0.717) is 22.5 Å². The molecular formula is C11H15BrFNOS. The SMILES string of the molecule is CC(CN)CS(=O)Cc1cccc(F)c1Br. The maximum absolute atomic E-state index is 13.2. The number of benzene rings is 1. The molecule has 0 aliphatic rings. The van der Waals surface area contributed by atoms with E-state index in [9.17, 15) is 8.60 Å². The smallest absolute Gasteiger partial charge is 0.137 e. The summed E-state index contributed by atoms with van der Waals surface area (Å²) >= 11 is 3.16. The van der Waals surface area contributed by atoms with E-state index in [-0.39, 0.29) is 11.7 Å². The van der Waals surface area contributed by atoms with Gasteiger partial charge in [0.05, 0.1) is 4.47 Å². The number of nitrogens with two attached hydrogens (primary N) is 1. The third kappa shape index (κ3) is 3.96. The molecule has 0 radical (unpaired) electrons. The second-order valence-corrected chi connectivity index (χ2v) is 6.10. The fraction of sp³-hybridized carbons (Fsp3) is 0.455. The highest BCUT2D eigenvalue weighted by Gasteiger charge is 2.11. The lowest BCUT2D eigenvalue weighted by molar-refractivity contribution is 0.618. The first-order valence-electron chi connectivity index (χ1n) is 5.02. The Hall–Kier alpha value is -0.260. The molecule has 0 saturated carbocycles. The predicted octanol–water partition coefficient (Wildman–Crippen LogP) is 2.43. The van der Waals surface area contributed by atoms with Crippen LogP contribution in [0.2, 0.25) is 0 Å². The molecule has 2 nitrogen and oxygen atoms in total. The van der Waals surface area contributed by atoms with E-state index in [1.54, 1.807) is 12.1 Å². The second-order valence-electron chi connectivity index (χ2n) is 3.80. The van der Waals surface area contributed by atoms with Crippen molar-refractivity contribution in [3.8, 4) is 0 Å². The Balaban J connectivity index is 2.66. The van der Waals surface area contributed by atoms with E-state index in [2.05, 4.69) is 15.9 Å². The molecule has 0 saturated heterocycles. The molecule has 0 heterocycles. The van der Waals surface area contributed by atoms with E-state index in [4.69, 9.17) is 5.73 Å². The number of hydrogen-bond acceptors (Lipinski definition) is 2. The normalized spacial score (nSPS) is 14.8. The molecular weight excluding hydrogens is 293 g/mol. The van der Waals surface area contributed by atoms with E-state index in [1.165, 1.54) is 6.07 Å². The fourth-order valence-corrected chi connectivity index (χ4v) is 3.34. The molecule has 0 spiro atoms. The summed E-state index contributed by atoms with van der Waals surface area (Å²) < 4.78 is 25.4. The van der Waals surface area contributed by atoms with Crippen LogP contribution < -0.4 is 5.73 Å². The Morgan fingerprint density at radius 1 is 1.56 bits per heavy atom. The summed E-state index contributed by atoms with van der Waals surface area (Å²) in [5.41, 5.74) is 6.20. The molecule has 5 heteroatoms. The fourth-order valence-electron chi connectivity index (χ4n) is 1.28. The highest BCUT2D eigenvalue weighted by molar-refractivity contribution is 9.10. The van der Waals surface area contributed by atoms with Crippen LogP contribution in [0.4, 0.5) is 4.39 Å². The highest BCUT2D eigenvalue weighted by Crippen LogP contribution is 2.21. The van der Waals surface area contributed by atoms with Gasteiger partial charge in [-0.15, -0.1) is 0 Å². The van der Waals surface area contributed by atoms with Crippen LogP contribution in [0.3, 0.4) is 0 Å². The van der Waals surface area contributed by atoms with Crippen LogP contribution in [0.5, 0.6) is 0 Å². The van der Waals surface area contributed by atoms with Crippen LogP contribution in [0, 0.1) is 11.7 Å². The van der Waals surface area contributed by atoms with Gasteiger partial charge in [-0.25, -0.2) is 4.39 Å². The molecule has 2 N–H and O–H groups in total. The minimum Gasteiger partial charge on any atom is -0.330 e. The number of hydrogen-bond donors (Lipinski definition) is 1. The molecule has 0 aromatic heterocycles. The molecule has 16 heavy (non-hydrogen) atoms. The van der Waals surface area contributed by atoms with Crippen molar-refractivity contribution >= 4 is 26.7 Å². The number of rotatable bonds is 5. The van der Waals surface area contributed by atoms with E-state index < -0.39 is 10.8 Å². The van der Waals surface area contributed by atoms with Crippen LogP contribution >= 0.6 is 15.9 Å². The maximum atomic E-state index is 13.2. The van der Waals surface area contributed by atoms with Gasteiger partial charge < -0.3 is 5.73 Å². The minimum atomic E-state index is -0.996. The average Bonchev–Trinajstić information content (AvgIpc) is 2.24. The standard InChI is InChI=1S/C11H15BrFNOS/c1-8(5-14)6-16(15)7-9-3-2-4-10(13)11(9)12/h2-4,8H,5-7,14H2,1H3. The van der Waals surface area contributed by atoms with Gasteiger partial charge in [-0.05, 0) is 40.0 Å². The van der Waals surface area contributed by atoms with Crippen molar-refractivity contribution in [2.24, 2.45) is 11.7 Å². The molecule has 2 unspecified atom stereocenters. The van der Waals surface area contributed by atoms with Crippen molar-refractivity contribution in [3.63, 3.8) is 0 Å². The molecule has 90 valence electrons. The Morgan fingerprint density at radius 3 is 2.88 bits per heavy atom. The first-order chi connectivity index (χ1) is 7.54. The summed E-state index contributed by atoms with van der Waals surface area (Å²) in [5.74, 6) is 0.830. The van der Waals surface area contributed by atoms with Crippen LogP contribution in [0.25, 0.3) is 0 Å². The third-order valence-corrected chi connectivity index (χ3v) is 4.68. The summed E-state index contributed by atoms with van der Waals surface area (Å²) in [6.07, 6.45) is 0. The Morgan fingerprint density at radius 2 is 2.25 bits per heavy atom. The third-order valence-electron chi connectivity index (χ3n) is 2.22. The first kappa shape index (κ1) is 13.8. The van der Waals surface area contributed by atoms with Gasteiger partial charge in [-0.1, -0.05) is 19.1 Å². The van der Waals surface area contributed by atoms with E-state index in [1.807, 2.05) is 6.92 Å². The van der Waals surface area contributed by atoms with Crippen molar-refractivity contribution in [2.75, 3.05) is 12.3 Å². The zero-order valence-corrected chi connectivity index (χ0v) is 11.5. The summed E-state index contributed by atoms with van der Waals surface area (Å²) in [5, 5.41) is 0. The zero-order valence-electron chi connectivity index (χ0n) is 9.08. The van der Waals surface area contributed by atoms with Gasteiger partial charge in [0.2, 0.25) is 0 Å². The van der Waals surface area contributed by atoms with Crippen molar-refractivity contribution in [1.82, 2.24) is 0 Å². The molecule has 0 aliphatic carbocycles. The van der Waals surface area contributed by atoms with Gasteiger partial charge in [-0.2, -0.15) is 0 Å². The first-order valence-corrected chi connectivity index (χ1v) is 7.30. The molecule has 1 aromatic carbocycles. The molecule has 2 atom stereocenters. The van der Waals surface area contributed by atoms with Gasteiger partial charge in [0, 0.05) is 22.3 Å². The monoisotopic (exact) mass is 307 g/mol. The minimum absolute atomic E-state index is 0.230. The van der Waals surface area contributed by atoms with Crippen molar-refractivity contribution < 1.29 is 8.60 Å². The molecule has 0 fully saturated rings. The van der Waals surface area contributed by atoms with Crippen LogP contribution in [-0.2, 0) is 16.6 Å². The van der Waals surface area contributed by atoms with Crippen LogP contribution in [-0.4, -0.2) is 16.5 Å². The molecule has 0 bridgehead atoms. The topological polar surface area (TPSA) is 43.1 Å². The quantitative estimate of drug-likeness (QED) is 0.908. The molecule has 1 aromatic rings. The van der Waals surface area contributed by atoms with Crippen molar-refractivity contribution in [3.05, 3.63) is 34.1 Å². The maximum Gasteiger partial charge on any atom is 0.137 e. The Bertz CT molecular complexity index is 386. The average molecular weight is 308 g/mol. The van der Waals surface area contributed by atoms with Gasteiger partial charge in [-0.3, -0.25) is 4.21 Å². The summed E-state index contributed by atoms with van der Waals surface area (Å²) in [6, 6.07) is 4.77. The zero-order chi connectivity index (χ0) is 12.1. The van der Waals surface area contributed by atoms with Gasteiger partial charge in [0.15, 0.2) is 0 Å². The van der Waals surface area contributed by atoms with E-state index >= 15 is 0 Å². The largest absolute Gasteiger partial charge is 0.330 e. The lowest BCUT2D eigenvalue weighted by Crippen LogP contribution is -2.18. The lowest BCUT2D eigenvalue weighted by Gasteiger charge is -2.09. The van der Waals surface area contributed by atoms with Crippen LogP contribution in [0.15, 0.2) is 22.7 Å². The summed E-state index contributed by atoms with van der Waals surface area (Å²) in [4.78, 5) is 0. The van der Waals surface area contributed by atoms with Gasteiger partial charge >= 0.3 is 0 Å². The molecule has 1 rings (SSSR count). The van der Waals surface area contributed by atoms with E-state index in [0.717, 1.165) is 5.56 Å². The highest BCUT2D eigenvalue weighted by atomic mass is 79.9. The summed E-state index contributed by atoms with van der Waals surface area (Å²) in [6.45, 7) is 2.48. The van der Waals surface area contributed by atoms with Crippen molar-refractivity contribution in [2.45, 2.75) is 12.7 Å². The van der Waals surface area contributed by atoms with Gasteiger partial charge in [0.1, 0.15) is 5.82 Å². The Labute approximate surface area is 106 Å². The van der Waals surface area contributed by atoms with Crippen molar-refractivity contribution in [1.29, 1.82) is 0 Å². The lowest BCUT2D eigenvalue weighted by atomic mass is 10.2. The van der Waals surface area contributed by atoms with Crippen LogP contribution in [0.1, 0.15) is 12.5 Å². The summed E-state index contributed by atoms with van der Waals surface area (Å²) in [7, 11) is -0.996. The molecule has 0 amide bonds. The second kappa shape index (κ2) is 6.47. The number of halogens is 2.